The highest BCUT2D eigenvalue weighted by molar-refractivity contribution is 5.91. The second-order valence-corrected chi connectivity index (χ2v) is 8.31. The van der Waals surface area contributed by atoms with Crippen molar-refractivity contribution in [2.45, 2.75) is 38.6 Å². The lowest BCUT2D eigenvalue weighted by Crippen LogP contribution is -2.39. The van der Waals surface area contributed by atoms with Crippen molar-refractivity contribution in [2.75, 3.05) is 18.1 Å². The highest BCUT2D eigenvalue weighted by Crippen LogP contribution is 2.31. The van der Waals surface area contributed by atoms with Gasteiger partial charge in [0, 0.05) is 41.4 Å². The normalized spacial score (nSPS) is 16.0. The van der Waals surface area contributed by atoms with Crippen molar-refractivity contribution in [3.05, 3.63) is 76.3 Å². The number of carbonyl (C=O) groups is 1. The van der Waals surface area contributed by atoms with Crippen molar-refractivity contribution < 1.29 is 14.5 Å². The summed E-state index contributed by atoms with van der Waals surface area (Å²) in [6, 6.07) is 18.6. The Balaban J connectivity index is 1.46. The van der Waals surface area contributed by atoms with E-state index >= 15 is 0 Å². The van der Waals surface area contributed by atoms with Crippen LogP contribution in [0.1, 0.15) is 38.2 Å². The molecule has 1 aliphatic heterocycles. The van der Waals surface area contributed by atoms with Crippen molar-refractivity contribution in [1.82, 2.24) is 5.43 Å². The number of non-ortho nitro benzene ring substituents is 1. The van der Waals surface area contributed by atoms with Crippen LogP contribution < -0.4 is 15.1 Å². The van der Waals surface area contributed by atoms with E-state index in [0.29, 0.717) is 17.4 Å². The molecule has 8 nitrogen and oxygen atoms in total. The topological polar surface area (TPSA) is 97.1 Å². The molecule has 1 fully saturated rings. The lowest BCUT2D eigenvalue weighted by atomic mass is 9.98. The Kier molecular flexibility index (Phi) is 7.37. The van der Waals surface area contributed by atoms with E-state index in [9.17, 15) is 14.9 Å². The minimum atomic E-state index is -0.425. The van der Waals surface area contributed by atoms with E-state index in [-0.39, 0.29) is 12.3 Å². The number of hydrogen-bond acceptors (Lipinski definition) is 6. The highest BCUT2D eigenvalue weighted by atomic mass is 16.6. The van der Waals surface area contributed by atoms with Crippen LogP contribution in [0.5, 0.6) is 5.75 Å². The van der Waals surface area contributed by atoms with Gasteiger partial charge in [-0.25, -0.2) is 5.43 Å². The predicted molar refractivity (Wildman–Crippen MR) is 134 cm³/mol. The Labute approximate surface area is 198 Å². The average Bonchev–Trinajstić information content (AvgIpc) is 2.87. The molecule has 3 aromatic rings. The quantitative estimate of drug-likeness (QED) is 0.288. The molecule has 0 aromatic heterocycles. The van der Waals surface area contributed by atoms with E-state index in [4.69, 9.17) is 4.74 Å². The van der Waals surface area contributed by atoms with Gasteiger partial charge in [-0.2, -0.15) is 5.10 Å². The van der Waals surface area contributed by atoms with Gasteiger partial charge >= 0.3 is 0 Å². The number of rotatable bonds is 8. The average molecular weight is 461 g/mol. The number of nitro benzene ring substituents is 1. The van der Waals surface area contributed by atoms with E-state index in [1.165, 1.54) is 24.8 Å². The van der Waals surface area contributed by atoms with Crippen molar-refractivity contribution in [1.29, 1.82) is 0 Å². The van der Waals surface area contributed by atoms with E-state index < -0.39 is 10.8 Å². The molecule has 0 aliphatic carbocycles. The zero-order valence-electron chi connectivity index (χ0n) is 19.1. The summed E-state index contributed by atoms with van der Waals surface area (Å²) in [6.45, 7) is 2.85. The maximum atomic E-state index is 12.3. The molecular formula is C26H28N4O4. The Morgan fingerprint density at radius 2 is 2.03 bits per heavy atom. The van der Waals surface area contributed by atoms with Crippen LogP contribution in [0.3, 0.4) is 0 Å². The number of hydrazone groups is 1. The SMILES string of the molecule is CCC1CCCCN1c1ccc([N+](=O)[O-])cc1C=NNC(=O)COc1cccc2ccccc12. The summed E-state index contributed by atoms with van der Waals surface area (Å²) in [5, 5.41) is 17.3. The zero-order valence-corrected chi connectivity index (χ0v) is 19.1. The summed E-state index contributed by atoms with van der Waals surface area (Å²) in [5.41, 5.74) is 3.95. The molecule has 3 aromatic carbocycles. The van der Waals surface area contributed by atoms with Gasteiger partial charge in [-0.1, -0.05) is 43.3 Å². The summed E-state index contributed by atoms with van der Waals surface area (Å²) in [6.07, 6.45) is 5.81. The van der Waals surface area contributed by atoms with Crippen LogP contribution in [0.2, 0.25) is 0 Å². The van der Waals surface area contributed by atoms with Gasteiger partial charge in [0.05, 0.1) is 11.1 Å². The number of nitrogens with one attached hydrogen (secondary N) is 1. The fourth-order valence-corrected chi connectivity index (χ4v) is 4.43. The lowest BCUT2D eigenvalue weighted by Gasteiger charge is -2.38. The Morgan fingerprint density at radius 3 is 2.85 bits per heavy atom. The second kappa shape index (κ2) is 10.8. The molecule has 1 aliphatic rings. The minimum Gasteiger partial charge on any atom is -0.483 e. The molecule has 0 bridgehead atoms. The summed E-state index contributed by atoms with van der Waals surface area (Å²) in [5.74, 6) is 0.203. The van der Waals surface area contributed by atoms with Crippen LogP contribution in [0.15, 0.2) is 65.8 Å². The summed E-state index contributed by atoms with van der Waals surface area (Å²) in [7, 11) is 0. The van der Waals surface area contributed by atoms with Gasteiger partial charge in [0.1, 0.15) is 5.75 Å². The fraction of sp³-hybridized carbons (Fsp3) is 0.308. The van der Waals surface area contributed by atoms with Crippen LogP contribution in [0.25, 0.3) is 10.8 Å². The predicted octanol–water partition coefficient (Wildman–Crippen LogP) is 5.05. The minimum absolute atomic E-state index is 0.0131. The summed E-state index contributed by atoms with van der Waals surface area (Å²) < 4.78 is 5.70. The molecule has 0 spiro atoms. The number of piperidine rings is 1. The number of hydrogen-bond donors (Lipinski definition) is 1. The van der Waals surface area contributed by atoms with Crippen molar-refractivity contribution in [2.24, 2.45) is 5.10 Å². The third-order valence-electron chi connectivity index (χ3n) is 6.13. The van der Waals surface area contributed by atoms with Crippen LogP contribution in [0, 0.1) is 10.1 Å². The van der Waals surface area contributed by atoms with Crippen molar-refractivity contribution in [3.8, 4) is 5.75 Å². The lowest BCUT2D eigenvalue weighted by molar-refractivity contribution is -0.384. The number of benzene rings is 3. The van der Waals surface area contributed by atoms with E-state index in [2.05, 4.69) is 22.4 Å². The number of anilines is 1. The molecule has 1 saturated heterocycles. The third kappa shape index (κ3) is 5.33. The van der Waals surface area contributed by atoms with E-state index in [1.54, 1.807) is 6.07 Å². The molecule has 4 rings (SSSR count). The summed E-state index contributed by atoms with van der Waals surface area (Å²) >= 11 is 0. The molecular weight excluding hydrogens is 432 g/mol. The smallest absolute Gasteiger partial charge is 0.277 e. The van der Waals surface area contributed by atoms with Gasteiger partial charge < -0.3 is 9.64 Å². The first kappa shape index (κ1) is 23.2. The maximum Gasteiger partial charge on any atom is 0.277 e. The fourth-order valence-electron chi connectivity index (χ4n) is 4.43. The van der Waals surface area contributed by atoms with E-state index in [1.807, 2.05) is 42.5 Å². The Morgan fingerprint density at radius 1 is 1.21 bits per heavy atom. The number of nitro groups is 1. The Bertz CT molecular complexity index is 1210. The molecule has 8 heteroatoms. The van der Waals surface area contributed by atoms with E-state index in [0.717, 1.165) is 42.3 Å². The van der Waals surface area contributed by atoms with Gasteiger partial charge in [-0.05, 0) is 43.2 Å². The molecule has 1 N–H and O–H groups in total. The molecule has 1 amide bonds. The van der Waals surface area contributed by atoms with Gasteiger partial charge in [-0.3, -0.25) is 14.9 Å². The van der Waals surface area contributed by atoms with Gasteiger partial charge in [0.25, 0.3) is 11.6 Å². The molecule has 1 atom stereocenters. The monoisotopic (exact) mass is 460 g/mol. The molecule has 34 heavy (non-hydrogen) atoms. The molecule has 0 radical (unpaired) electrons. The van der Waals surface area contributed by atoms with Gasteiger partial charge in [0.15, 0.2) is 6.61 Å². The first-order valence-corrected chi connectivity index (χ1v) is 11.5. The number of nitrogens with zero attached hydrogens (tertiary/aromatic N) is 3. The maximum absolute atomic E-state index is 12.3. The number of amides is 1. The number of fused-ring (bicyclic) bond motifs is 1. The van der Waals surface area contributed by atoms with Crippen LogP contribution >= 0.6 is 0 Å². The standard InChI is InChI=1S/C26H28N4O4/c1-2-21-10-5-6-15-29(21)24-14-13-22(30(32)33)16-20(24)17-27-28-26(31)18-34-25-12-7-9-19-8-3-4-11-23(19)25/h3-4,7-9,11-14,16-17,21H,2,5-6,10,15,18H2,1H3,(H,28,31). The first-order chi connectivity index (χ1) is 16.6. The third-order valence-corrected chi connectivity index (χ3v) is 6.13. The number of carbonyl (C=O) groups excluding carboxylic acids is 1. The second-order valence-electron chi connectivity index (χ2n) is 8.31. The largest absolute Gasteiger partial charge is 0.483 e. The van der Waals surface area contributed by atoms with Crippen LogP contribution in [0.4, 0.5) is 11.4 Å². The van der Waals surface area contributed by atoms with Crippen molar-refractivity contribution >= 4 is 34.3 Å². The summed E-state index contributed by atoms with van der Waals surface area (Å²) in [4.78, 5) is 25.5. The Hall–Kier alpha value is -3.94. The van der Waals surface area contributed by atoms with Gasteiger partial charge in [0.2, 0.25) is 0 Å². The highest BCUT2D eigenvalue weighted by Gasteiger charge is 2.24. The molecule has 1 heterocycles. The van der Waals surface area contributed by atoms with Crippen LogP contribution in [-0.2, 0) is 4.79 Å². The first-order valence-electron chi connectivity index (χ1n) is 11.5. The molecule has 0 saturated carbocycles. The zero-order chi connectivity index (χ0) is 23.9. The van der Waals surface area contributed by atoms with Crippen LogP contribution in [-0.4, -0.2) is 36.2 Å². The molecule has 1 unspecified atom stereocenters. The molecule has 176 valence electrons. The number of ether oxygens (including phenoxy) is 1. The van der Waals surface area contributed by atoms with Crippen molar-refractivity contribution in [3.63, 3.8) is 0 Å². The van der Waals surface area contributed by atoms with Gasteiger partial charge in [-0.15, -0.1) is 0 Å².